The summed E-state index contributed by atoms with van der Waals surface area (Å²) in [4.78, 5) is 18.7. The van der Waals surface area contributed by atoms with E-state index in [-0.39, 0.29) is 12.5 Å². The van der Waals surface area contributed by atoms with Gasteiger partial charge in [0, 0.05) is 4.88 Å². The van der Waals surface area contributed by atoms with Gasteiger partial charge in [0.05, 0.1) is 17.0 Å². The summed E-state index contributed by atoms with van der Waals surface area (Å²) in [6.45, 7) is 3.94. The van der Waals surface area contributed by atoms with Crippen LogP contribution in [-0.4, -0.2) is 16.0 Å². The molecule has 6 nitrogen and oxygen atoms in total. The Kier molecular flexibility index (Phi) is 3.72. The summed E-state index contributed by atoms with van der Waals surface area (Å²) in [6.07, 6.45) is 3.36. The summed E-state index contributed by atoms with van der Waals surface area (Å²) < 4.78 is 10.7. The number of thiophene rings is 1. The van der Waals surface area contributed by atoms with Crippen molar-refractivity contribution in [2.75, 3.05) is 0 Å². The number of carbonyl (C=O) groups excluding carboxylic acids is 1. The second-order valence-electron chi connectivity index (χ2n) is 5.93. The van der Waals surface area contributed by atoms with Gasteiger partial charge in [0.15, 0.2) is 0 Å². The molecule has 3 heterocycles. The Morgan fingerprint density at radius 2 is 2.21 bits per heavy atom. The van der Waals surface area contributed by atoms with Gasteiger partial charge in [-0.15, -0.1) is 11.3 Å². The molecule has 0 aliphatic heterocycles. The average Bonchev–Trinajstić information content (AvgIpc) is 3.27. The fourth-order valence-corrected chi connectivity index (χ4v) is 4.14. The van der Waals surface area contributed by atoms with Gasteiger partial charge < -0.3 is 14.3 Å². The number of aromatic nitrogens is 2. The highest BCUT2D eigenvalue weighted by Gasteiger charge is 2.19. The molecule has 0 atom stereocenters. The summed E-state index contributed by atoms with van der Waals surface area (Å²) in [5.74, 6) is 2.30. The molecular weight excluding hydrogens is 326 g/mol. The molecule has 0 bridgehead atoms. The SMILES string of the molecule is Cc1cc(-c2noc(CNC(=O)c3cc4c(s3)CCC4)n2)c(C)o1. The normalized spacial score (nSPS) is 13.2. The molecule has 0 spiro atoms. The van der Waals surface area contributed by atoms with Crippen molar-refractivity contribution in [2.24, 2.45) is 0 Å². The Labute approximate surface area is 142 Å². The van der Waals surface area contributed by atoms with Crippen LogP contribution in [0.15, 0.2) is 21.1 Å². The number of carbonyl (C=O) groups is 1. The molecule has 0 saturated heterocycles. The van der Waals surface area contributed by atoms with Crippen molar-refractivity contribution in [3.8, 4) is 11.4 Å². The highest BCUT2D eigenvalue weighted by Crippen LogP contribution is 2.30. The number of hydrogen-bond donors (Lipinski definition) is 1. The molecule has 1 amide bonds. The van der Waals surface area contributed by atoms with Gasteiger partial charge in [0.1, 0.15) is 11.5 Å². The maximum Gasteiger partial charge on any atom is 0.261 e. The van der Waals surface area contributed by atoms with E-state index < -0.39 is 0 Å². The Balaban J connectivity index is 1.42. The number of rotatable bonds is 4. The minimum absolute atomic E-state index is 0.0931. The summed E-state index contributed by atoms with van der Waals surface area (Å²) >= 11 is 1.58. The van der Waals surface area contributed by atoms with Crippen LogP contribution in [0.5, 0.6) is 0 Å². The highest BCUT2D eigenvalue weighted by molar-refractivity contribution is 7.14. The van der Waals surface area contributed by atoms with Crippen LogP contribution >= 0.6 is 11.3 Å². The first-order chi connectivity index (χ1) is 11.6. The lowest BCUT2D eigenvalue weighted by Crippen LogP contribution is -2.22. The molecule has 124 valence electrons. The number of amides is 1. The van der Waals surface area contributed by atoms with Crippen LogP contribution in [0.3, 0.4) is 0 Å². The summed E-state index contributed by atoms with van der Waals surface area (Å²) in [6, 6.07) is 3.87. The van der Waals surface area contributed by atoms with E-state index in [1.807, 2.05) is 26.0 Å². The van der Waals surface area contributed by atoms with Gasteiger partial charge in [-0.05, 0) is 50.8 Å². The topological polar surface area (TPSA) is 81.2 Å². The zero-order valence-electron chi connectivity index (χ0n) is 13.5. The molecule has 4 rings (SSSR count). The minimum atomic E-state index is -0.0931. The Bertz CT molecular complexity index is 885. The van der Waals surface area contributed by atoms with Crippen LogP contribution in [0.25, 0.3) is 11.4 Å². The molecule has 7 heteroatoms. The number of nitrogens with one attached hydrogen (secondary N) is 1. The molecule has 24 heavy (non-hydrogen) atoms. The average molecular weight is 343 g/mol. The Hall–Kier alpha value is -2.41. The molecular formula is C17H17N3O3S. The molecule has 0 aromatic carbocycles. The first-order valence-electron chi connectivity index (χ1n) is 7.90. The summed E-state index contributed by atoms with van der Waals surface area (Å²) in [5.41, 5.74) is 2.12. The maximum absolute atomic E-state index is 12.3. The Morgan fingerprint density at radius 3 is 2.96 bits per heavy atom. The molecule has 1 aliphatic carbocycles. The lowest BCUT2D eigenvalue weighted by Gasteiger charge is -1.99. The first-order valence-corrected chi connectivity index (χ1v) is 8.71. The predicted molar refractivity (Wildman–Crippen MR) is 89.0 cm³/mol. The van der Waals surface area contributed by atoms with Gasteiger partial charge in [-0.25, -0.2) is 0 Å². The van der Waals surface area contributed by atoms with Crippen LogP contribution in [-0.2, 0) is 19.4 Å². The number of nitrogens with zero attached hydrogens (tertiary/aromatic N) is 2. The van der Waals surface area contributed by atoms with Gasteiger partial charge in [0.2, 0.25) is 11.7 Å². The van der Waals surface area contributed by atoms with E-state index in [1.165, 1.54) is 16.9 Å². The van der Waals surface area contributed by atoms with Crippen molar-refractivity contribution in [2.45, 2.75) is 39.7 Å². The second kappa shape index (κ2) is 5.90. The maximum atomic E-state index is 12.3. The first kappa shape index (κ1) is 15.1. The molecule has 0 fully saturated rings. The van der Waals surface area contributed by atoms with Crippen LogP contribution in [0, 0.1) is 13.8 Å². The number of furan rings is 1. The molecule has 0 saturated carbocycles. The lowest BCUT2D eigenvalue weighted by molar-refractivity contribution is 0.0950. The smallest absolute Gasteiger partial charge is 0.261 e. The molecule has 0 unspecified atom stereocenters. The van der Waals surface area contributed by atoms with E-state index in [1.54, 1.807) is 11.3 Å². The third kappa shape index (κ3) is 2.75. The van der Waals surface area contributed by atoms with E-state index in [4.69, 9.17) is 8.94 Å². The van der Waals surface area contributed by atoms with Gasteiger partial charge in [-0.1, -0.05) is 5.16 Å². The van der Waals surface area contributed by atoms with Crippen LogP contribution in [0.4, 0.5) is 0 Å². The van der Waals surface area contributed by atoms with Crippen LogP contribution in [0.1, 0.15) is 43.9 Å². The van der Waals surface area contributed by atoms with E-state index in [9.17, 15) is 4.79 Å². The zero-order valence-corrected chi connectivity index (χ0v) is 14.3. The largest absolute Gasteiger partial charge is 0.466 e. The van der Waals surface area contributed by atoms with Crippen LogP contribution < -0.4 is 5.32 Å². The monoisotopic (exact) mass is 343 g/mol. The third-order valence-electron chi connectivity index (χ3n) is 4.12. The minimum Gasteiger partial charge on any atom is -0.466 e. The van der Waals surface area contributed by atoms with Crippen molar-refractivity contribution in [3.05, 3.63) is 44.9 Å². The third-order valence-corrected chi connectivity index (χ3v) is 5.36. The number of hydrogen-bond acceptors (Lipinski definition) is 6. The second-order valence-corrected chi connectivity index (χ2v) is 7.07. The van der Waals surface area contributed by atoms with Crippen molar-refractivity contribution < 1.29 is 13.7 Å². The van der Waals surface area contributed by atoms with Crippen molar-refractivity contribution >= 4 is 17.2 Å². The number of fused-ring (bicyclic) bond motifs is 1. The van der Waals surface area contributed by atoms with Crippen molar-refractivity contribution in [1.82, 2.24) is 15.5 Å². The molecule has 1 aliphatic rings. The van der Waals surface area contributed by atoms with E-state index in [0.717, 1.165) is 34.8 Å². The predicted octanol–water partition coefficient (Wildman–Crippen LogP) is 3.43. The van der Waals surface area contributed by atoms with Crippen LogP contribution in [0.2, 0.25) is 0 Å². The van der Waals surface area contributed by atoms with Gasteiger partial charge >= 0.3 is 0 Å². The van der Waals surface area contributed by atoms with E-state index in [0.29, 0.717) is 11.7 Å². The fraction of sp³-hybridized carbons (Fsp3) is 0.353. The number of aryl methyl sites for hydroxylation is 4. The molecule has 3 aromatic heterocycles. The van der Waals surface area contributed by atoms with Gasteiger partial charge in [0.25, 0.3) is 5.91 Å². The van der Waals surface area contributed by atoms with E-state index in [2.05, 4.69) is 15.5 Å². The summed E-state index contributed by atoms with van der Waals surface area (Å²) in [7, 11) is 0. The molecule has 1 N–H and O–H groups in total. The fourth-order valence-electron chi connectivity index (χ4n) is 2.97. The zero-order chi connectivity index (χ0) is 16.7. The molecule has 3 aromatic rings. The lowest BCUT2D eigenvalue weighted by atomic mass is 10.2. The van der Waals surface area contributed by atoms with Gasteiger partial charge in [-0.3, -0.25) is 4.79 Å². The van der Waals surface area contributed by atoms with Gasteiger partial charge in [-0.2, -0.15) is 4.98 Å². The Morgan fingerprint density at radius 1 is 1.33 bits per heavy atom. The van der Waals surface area contributed by atoms with Crippen molar-refractivity contribution in [3.63, 3.8) is 0 Å². The van der Waals surface area contributed by atoms with Crippen molar-refractivity contribution in [1.29, 1.82) is 0 Å². The highest BCUT2D eigenvalue weighted by atomic mass is 32.1. The summed E-state index contributed by atoms with van der Waals surface area (Å²) in [5, 5.41) is 6.80. The standard InChI is InChI=1S/C17H17N3O3S/c1-9-6-12(10(2)22-9)16-19-15(23-20-16)8-18-17(21)14-7-11-4-3-5-13(11)24-14/h6-7H,3-5,8H2,1-2H3,(H,18,21). The van der Waals surface area contributed by atoms with E-state index >= 15 is 0 Å². The molecule has 0 radical (unpaired) electrons. The quantitative estimate of drug-likeness (QED) is 0.785.